The summed E-state index contributed by atoms with van der Waals surface area (Å²) < 4.78 is 0. The second-order valence-electron chi connectivity index (χ2n) is 5.98. The SMILES string of the molecule is CCC1(CNCc2cccc(C3CC3)c2)CC1. The number of rotatable bonds is 6. The number of hydrogen-bond acceptors (Lipinski definition) is 1. The molecular formula is C16H23N. The first-order chi connectivity index (χ1) is 8.31. The molecule has 92 valence electrons. The highest BCUT2D eigenvalue weighted by Gasteiger charge is 2.39. The molecule has 3 rings (SSSR count). The monoisotopic (exact) mass is 229 g/mol. The third-order valence-corrected chi connectivity index (χ3v) is 4.54. The van der Waals surface area contributed by atoms with Crippen LogP contribution in [0.25, 0.3) is 0 Å². The molecule has 0 aliphatic heterocycles. The van der Waals surface area contributed by atoms with Crippen molar-refractivity contribution >= 4 is 0 Å². The van der Waals surface area contributed by atoms with E-state index in [1.54, 1.807) is 5.56 Å². The predicted molar refractivity (Wildman–Crippen MR) is 72.1 cm³/mol. The van der Waals surface area contributed by atoms with Gasteiger partial charge < -0.3 is 5.32 Å². The Balaban J connectivity index is 1.52. The van der Waals surface area contributed by atoms with E-state index in [1.807, 2.05) is 0 Å². The van der Waals surface area contributed by atoms with Gasteiger partial charge in [-0.1, -0.05) is 31.2 Å². The molecule has 1 aromatic rings. The lowest BCUT2D eigenvalue weighted by atomic mass is 10.0. The maximum Gasteiger partial charge on any atom is 0.0205 e. The van der Waals surface area contributed by atoms with Crippen molar-refractivity contribution in [3.05, 3.63) is 35.4 Å². The lowest BCUT2D eigenvalue weighted by molar-refractivity contribution is 0.443. The van der Waals surface area contributed by atoms with E-state index < -0.39 is 0 Å². The van der Waals surface area contributed by atoms with Crippen LogP contribution in [0, 0.1) is 5.41 Å². The Morgan fingerprint density at radius 1 is 1.29 bits per heavy atom. The van der Waals surface area contributed by atoms with E-state index in [4.69, 9.17) is 0 Å². The van der Waals surface area contributed by atoms with E-state index in [0.717, 1.165) is 12.5 Å². The Hall–Kier alpha value is -0.820. The molecule has 1 heteroatoms. The minimum atomic E-state index is 0.661. The van der Waals surface area contributed by atoms with Gasteiger partial charge in [-0.25, -0.2) is 0 Å². The molecule has 0 atom stereocenters. The standard InChI is InChI=1S/C16H23N/c1-2-16(8-9-16)12-17-11-13-4-3-5-15(10-13)14-6-7-14/h3-5,10,14,17H,2,6-9,11-12H2,1H3. The lowest BCUT2D eigenvalue weighted by Gasteiger charge is -2.13. The Kier molecular flexibility index (Phi) is 2.96. The highest BCUT2D eigenvalue weighted by Crippen LogP contribution is 2.47. The maximum atomic E-state index is 3.64. The average Bonchev–Trinajstić information content (AvgIpc) is 3.25. The molecular weight excluding hydrogens is 206 g/mol. The maximum absolute atomic E-state index is 3.64. The molecule has 0 saturated heterocycles. The van der Waals surface area contributed by atoms with Gasteiger partial charge in [0.2, 0.25) is 0 Å². The average molecular weight is 229 g/mol. The van der Waals surface area contributed by atoms with E-state index in [2.05, 4.69) is 36.5 Å². The van der Waals surface area contributed by atoms with Gasteiger partial charge in [0, 0.05) is 13.1 Å². The van der Waals surface area contributed by atoms with Crippen LogP contribution in [0.2, 0.25) is 0 Å². The van der Waals surface area contributed by atoms with E-state index >= 15 is 0 Å². The molecule has 1 nitrogen and oxygen atoms in total. The molecule has 17 heavy (non-hydrogen) atoms. The van der Waals surface area contributed by atoms with Crippen molar-refractivity contribution in [2.75, 3.05) is 6.54 Å². The molecule has 2 saturated carbocycles. The minimum Gasteiger partial charge on any atom is -0.312 e. The Bertz CT molecular complexity index is 388. The molecule has 0 unspecified atom stereocenters. The van der Waals surface area contributed by atoms with Gasteiger partial charge >= 0.3 is 0 Å². The summed E-state index contributed by atoms with van der Waals surface area (Å²) >= 11 is 0. The van der Waals surface area contributed by atoms with Gasteiger partial charge in [0.15, 0.2) is 0 Å². The number of hydrogen-bond donors (Lipinski definition) is 1. The summed E-state index contributed by atoms with van der Waals surface area (Å²) in [6.07, 6.45) is 6.99. The van der Waals surface area contributed by atoms with Crippen molar-refractivity contribution in [3.8, 4) is 0 Å². The van der Waals surface area contributed by atoms with Gasteiger partial charge in [-0.2, -0.15) is 0 Å². The van der Waals surface area contributed by atoms with Crippen molar-refractivity contribution in [1.82, 2.24) is 5.32 Å². The van der Waals surface area contributed by atoms with Crippen LogP contribution in [-0.4, -0.2) is 6.54 Å². The van der Waals surface area contributed by atoms with E-state index in [1.165, 1.54) is 44.2 Å². The molecule has 0 radical (unpaired) electrons. The molecule has 1 N–H and O–H groups in total. The second-order valence-corrected chi connectivity index (χ2v) is 5.98. The van der Waals surface area contributed by atoms with Gasteiger partial charge in [-0.05, 0) is 54.6 Å². The molecule has 0 spiro atoms. The zero-order chi connectivity index (χ0) is 11.7. The Morgan fingerprint density at radius 3 is 2.76 bits per heavy atom. The van der Waals surface area contributed by atoms with Gasteiger partial charge in [0.05, 0.1) is 0 Å². The zero-order valence-corrected chi connectivity index (χ0v) is 10.8. The topological polar surface area (TPSA) is 12.0 Å². The summed E-state index contributed by atoms with van der Waals surface area (Å²) in [6, 6.07) is 9.16. The molecule has 2 aliphatic rings. The van der Waals surface area contributed by atoms with Crippen LogP contribution in [0.15, 0.2) is 24.3 Å². The van der Waals surface area contributed by atoms with Crippen molar-refractivity contribution in [2.24, 2.45) is 5.41 Å². The van der Waals surface area contributed by atoms with Gasteiger partial charge in [0.25, 0.3) is 0 Å². The Labute approximate surface area is 105 Å². The fourth-order valence-electron chi connectivity index (χ4n) is 2.68. The Morgan fingerprint density at radius 2 is 2.12 bits per heavy atom. The summed E-state index contributed by atoms with van der Waals surface area (Å²) in [4.78, 5) is 0. The fraction of sp³-hybridized carbons (Fsp3) is 0.625. The molecule has 0 amide bonds. The molecule has 2 fully saturated rings. The summed E-state index contributed by atoms with van der Waals surface area (Å²) in [5.41, 5.74) is 3.68. The van der Waals surface area contributed by atoms with Crippen LogP contribution in [-0.2, 0) is 6.54 Å². The quantitative estimate of drug-likeness (QED) is 0.781. The van der Waals surface area contributed by atoms with Crippen LogP contribution < -0.4 is 5.32 Å². The first kappa shape index (κ1) is 11.3. The zero-order valence-electron chi connectivity index (χ0n) is 10.8. The van der Waals surface area contributed by atoms with Crippen molar-refractivity contribution in [1.29, 1.82) is 0 Å². The van der Waals surface area contributed by atoms with Crippen LogP contribution >= 0.6 is 0 Å². The van der Waals surface area contributed by atoms with Crippen LogP contribution in [0.1, 0.15) is 56.1 Å². The van der Waals surface area contributed by atoms with Crippen LogP contribution in [0.5, 0.6) is 0 Å². The van der Waals surface area contributed by atoms with E-state index in [9.17, 15) is 0 Å². The van der Waals surface area contributed by atoms with E-state index in [-0.39, 0.29) is 0 Å². The summed E-state index contributed by atoms with van der Waals surface area (Å²) in [5.74, 6) is 0.875. The highest BCUT2D eigenvalue weighted by molar-refractivity contribution is 5.29. The molecule has 0 aromatic heterocycles. The second kappa shape index (κ2) is 4.45. The lowest BCUT2D eigenvalue weighted by Crippen LogP contribution is -2.23. The predicted octanol–water partition coefficient (Wildman–Crippen LogP) is 3.84. The third-order valence-electron chi connectivity index (χ3n) is 4.54. The first-order valence-electron chi connectivity index (χ1n) is 7.11. The van der Waals surface area contributed by atoms with Crippen LogP contribution in [0.4, 0.5) is 0 Å². The smallest absolute Gasteiger partial charge is 0.0205 e. The third kappa shape index (κ3) is 2.71. The van der Waals surface area contributed by atoms with Crippen molar-refractivity contribution in [2.45, 2.75) is 51.5 Å². The van der Waals surface area contributed by atoms with Gasteiger partial charge in [-0.15, -0.1) is 0 Å². The summed E-state index contributed by atoms with van der Waals surface area (Å²) in [6.45, 7) is 4.57. The van der Waals surface area contributed by atoms with Crippen LogP contribution in [0.3, 0.4) is 0 Å². The first-order valence-corrected chi connectivity index (χ1v) is 7.11. The van der Waals surface area contributed by atoms with Gasteiger partial charge in [0.1, 0.15) is 0 Å². The highest BCUT2D eigenvalue weighted by atomic mass is 14.9. The largest absolute Gasteiger partial charge is 0.312 e. The summed E-state index contributed by atoms with van der Waals surface area (Å²) in [7, 11) is 0. The molecule has 1 aromatic carbocycles. The molecule has 2 aliphatic carbocycles. The number of nitrogens with one attached hydrogen (secondary N) is 1. The minimum absolute atomic E-state index is 0.661. The van der Waals surface area contributed by atoms with Crippen molar-refractivity contribution in [3.63, 3.8) is 0 Å². The number of benzene rings is 1. The van der Waals surface area contributed by atoms with Crippen molar-refractivity contribution < 1.29 is 0 Å². The normalized spacial score (nSPS) is 21.5. The summed E-state index contributed by atoms with van der Waals surface area (Å²) in [5, 5.41) is 3.64. The van der Waals surface area contributed by atoms with E-state index in [0.29, 0.717) is 5.41 Å². The van der Waals surface area contributed by atoms with Gasteiger partial charge in [-0.3, -0.25) is 0 Å². The fourth-order valence-corrected chi connectivity index (χ4v) is 2.68. The molecule has 0 heterocycles. The molecule has 0 bridgehead atoms.